The van der Waals surface area contributed by atoms with E-state index < -0.39 is 17.6 Å². The summed E-state index contributed by atoms with van der Waals surface area (Å²) < 4.78 is 53.9. The number of halogens is 5. The number of nitrogens with zero attached hydrogens (tertiary/aromatic N) is 2. The molecule has 1 aliphatic heterocycles. The molecular weight excluding hydrogens is 422 g/mol. The Morgan fingerprint density at radius 3 is 2.70 bits per heavy atom. The number of alkyl halides is 3. The average Bonchev–Trinajstić information content (AvgIpc) is 2.63. The molecule has 0 radical (unpaired) electrons. The minimum Gasteiger partial charge on any atom is -0.350 e. The molecule has 162 valence electrons. The first-order valence-corrected chi connectivity index (χ1v) is 9.97. The van der Waals surface area contributed by atoms with Crippen LogP contribution in [0, 0.1) is 11.7 Å². The van der Waals surface area contributed by atoms with Crippen molar-refractivity contribution < 1.29 is 22.4 Å². The third kappa shape index (κ3) is 5.29. The van der Waals surface area contributed by atoms with E-state index in [0.717, 1.165) is 17.3 Å². The van der Waals surface area contributed by atoms with Crippen LogP contribution < -0.4 is 5.32 Å². The number of pyridine rings is 1. The second-order valence-corrected chi connectivity index (χ2v) is 8.22. The molecule has 1 N–H and O–H groups in total. The van der Waals surface area contributed by atoms with Gasteiger partial charge in [0.1, 0.15) is 11.5 Å². The van der Waals surface area contributed by atoms with Crippen LogP contribution >= 0.6 is 11.6 Å². The molecule has 2 aromatic rings. The predicted octanol–water partition coefficient (Wildman–Crippen LogP) is 4.84. The molecule has 0 spiro atoms. The summed E-state index contributed by atoms with van der Waals surface area (Å²) >= 11 is 5.79. The molecule has 1 aromatic heterocycles. The fourth-order valence-corrected chi connectivity index (χ4v) is 3.66. The van der Waals surface area contributed by atoms with E-state index in [9.17, 15) is 22.4 Å². The monoisotopic (exact) mass is 443 g/mol. The smallest absolute Gasteiger partial charge is 0.350 e. The first-order chi connectivity index (χ1) is 14.0. The molecule has 0 fully saturated rings. The summed E-state index contributed by atoms with van der Waals surface area (Å²) in [5, 5.41) is 2.73. The lowest BCUT2D eigenvalue weighted by molar-refractivity contribution is -0.140. The lowest BCUT2D eigenvalue weighted by atomic mass is 10.0. The van der Waals surface area contributed by atoms with Gasteiger partial charge in [-0.2, -0.15) is 13.2 Å². The van der Waals surface area contributed by atoms with Crippen molar-refractivity contribution in [2.24, 2.45) is 5.92 Å². The minimum atomic E-state index is -4.81. The Bertz CT molecular complexity index is 947. The van der Waals surface area contributed by atoms with Crippen molar-refractivity contribution in [3.63, 3.8) is 0 Å². The van der Waals surface area contributed by atoms with Crippen molar-refractivity contribution in [3.05, 3.63) is 63.2 Å². The number of rotatable bonds is 5. The molecule has 1 aromatic carbocycles. The van der Waals surface area contributed by atoms with Gasteiger partial charge in [-0.1, -0.05) is 31.5 Å². The van der Waals surface area contributed by atoms with Crippen LogP contribution in [0.3, 0.4) is 0 Å². The molecular formula is C21H22ClF4N3O. The normalized spacial score (nSPS) is 14.7. The Morgan fingerprint density at radius 2 is 2.03 bits per heavy atom. The van der Waals surface area contributed by atoms with Crippen LogP contribution in [-0.4, -0.2) is 28.9 Å². The SMILES string of the molecule is CC(C)CNC(=O)c1ccc2c(n1)CCN(Cc1cc(Cl)cc(F)c1C(F)(F)F)C2. The van der Waals surface area contributed by atoms with Crippen molar-refractivity contribution >= 4 is 17.5 Å². The zero-order chi connectivity index (χ0) is 22.1. The zero-order valence-electron chi connectivity index (χ0n) is 16.6. The van der Waals surface area contributed by atoms with Crippen molar-refractivity contribution in [2.75, 3.05) is 13.1 Å². The number of fused-ring (bicyclic) bond motifs is 1. The van der Waals surface area contributed by atoms with Gasteiger partial charge in [0.05, 0.1) is 5.56 Å². The number of benzene rings is 1. The van der Waals surface area contributed by atoms with Crippen LogP contribution in [0.15, 0.2) is 24.3 Å². The molecule has 0 aliphatic carbocycles. The van der Waals surface area contributed by atoms with Gasteiger partial charge in [-0.05, 0) is 35.2 Å². The molecule has 1 amide bonds. The van der Waals surface area contributed by atoms with Crippen molar-refractivity contribution in [3.8, 4) is 0 Å². The van der Waals surface area contributed by atoms with E-state index >= 15 is 0 Å². The highest BCUT2D eigenvalue weighted by Gasteiger charge is 2.37. The first kappa shape index (κ1) is 22.5. The maximum Gasteiger partial charge on any atom is 0.419 e. The molecule has 4 nitrogen and oxygen atoms in total. The molecule has 3 rings (SSSR count). The number of hydrogen-bond acceptors (Lipinski definition) is 3. The summed E-state index contributed by atoms with van der Waals surface area (Å²) in [5.41, 5.74) is 0.412. The van der Waals surface area contributed by atoms with Gasteiger partial charge < -0.3 is 5.32 Å². The van der Waals surface area contributed by atoms with E-state index in [4.69, 9.17) is 11.6 Å². The van der Waals surface area contributed by atoms with Gasteiger partial charge in [-0.15, -0.1) is 0 Å². The summed E-state index contributed by atoms with van der Waals surface area (Å²) in [6, 6.07) is 5.21. The van der Waals surface area contributed by atoms with Crippen LogP contribution in [0.25, 0.3) is 0 Å². The van der Waals surface area contributed by atoms with E-state index in [2.05, 4.69) is 10.3 Å². The van der Waals surface area contributed by atoms with Crippen molar-refractivity contribution in [2.45, 2.75) is 39.5 Å². The number of aromatic nitrogens is 1. The second kappa shape index (κ2) is 8.89. The fourth-order valence-electron chi connectivity index (χ4n) is 3.43. The van der Waals surface area contributed by atoms with Gasteiger partial charge in [0.25, 0.3) is 5.91 Å². The highest BCUT2D eigenvalue weighted by Crippen LogP contribution is 2.36. The van der Waals surface area contributed by atoms with Crippen LogP contribution in [0.1, 0.15) is 46.7 Å². The lowest BCUT2D eigenvalue weighted by Gasteiger charge is -2.29. The minimum absolute atomic E-state index is 0.0772. The average molecular weight is 444 g/mol. The van der Waals surface area contributed by atoms with Gasteiger partial charge >= 0.3 is 6.18 Å². The summed E-state index contributed by atoms with van der Waals surface area (Å²) in [6.45, 7) is 5.21. The molecule has 0 atom stereocenters. The third-order valence-electron chi connectivity index (χ3n) is 4.84. The Hall–Kier alpha value is -2.19. The van der Waals surface area contributed by atoms with E-state index in [1.165, 1.54) is 0 Å². The first-order valence-electron chi connectivity index (χ1n) is 9.59. The topological polar surface area (TPSA) is 45.2 Å². The lowest BCUT2D eigenvalue weighted by Crippen LogP contribution is -2.33. The molecule has 0 unspecified atom stereocenters. The van der Waals surface area contributed by atoms with Crippen LogP contribution in [0.4, 0.5) is 17.6 Å². The Kier molecular flexibility index (Phi) is 6.67. The van der Waals surface area contributed by atoms with Gasteiger partial charge in [0.15, 0.2) is 0 Å². The molecule has 0 saturated carbocycles. The summed E-state index contributed by atoms with van der Waals surface area (Å²) in [6.07, 6.45) is -4.33. The number of nitrogens with one attached hydrogen (secondary N) is 1. The molecule has 2 heterocycles. The maximum atomic E-state index is 14.0. The summed E-state index contributed by atoms with van der Waals surface area (Å²) in [5.74, 6) is -1.31. The third-order valence-corrected chi connectivity index (χ3v) is 5.06. The van der Waals surface area contributed by atoms with Gasteiger partial charge in [0, 0.05) is 43.3 Å². The van der Waals surface area contributed by atoms with Crippen molar-refractivity contribution in [1.82, 2.24) is 15.2 Å². The number of amides is 1. The predicted molar refractivity (Wildman–Crippen MR) is 106 cm³/mol. The van der Waals surface area contributed by atoms with Gasteiger partial charge in [-0.25, -0.2) is 9.37 Å². The molecule has 1 aliphatic rings. The maximum absolute atomic E-state index is 14.0. The molecule has 0 saturated heterocycles. The quantitative estimate of drug-likeness (QED) is 0.673. The van der Waals surface area contributed by atoms with Crippen LogP contribution in [0.5, 0.6) is 0 Å². The number of carbonyl (C=O) groups is 1. The molecule has 30 heavy (non-hydrogen) atoms. The Balaban J connectivity index is 1.76. The molecule has 0 bridgehead atoms. The fraction of sp³-hybridized carbons (Fsp3) is 0.429. The van der Waals surface area contributed by atoms with E-state index in [1.807, 2.05) is 13.8 Å². The van der Waals surface area contributed by atoms with Gasteiger partial charge in [0.2, 0.25) is 0 Å². The van der Waals surface area contributed by atoms with Crippen molar-refractivity contribution in [1.29, 1.82) is 0 Å². The summed E-state index contributed by atoms with van der Waals surface area (Å²) in [4.78, 5) is 18.4. The van der Waals surface area contributed by atoms with E-state index in [0.29, 0.717) is 43.7 Å². The van der Waals surface area contributed by atoms with Crippen LogP contribution in [0.2, 0.25) is 5.02 Å². The Labute approximate surface area is 177 Å². The highest BCUT2D eigenvalue weighted by molar-refractivity contribution is 6.30. The standard InChI is InChI=1S/C21H22ClF4N3O/c1-12(2)9-27-20(30)18-4-3-13-10-29(6-5-17(13)28-18)11-14-7-15(22)8-16(23)19(14)21(24,25)26/h3-4,7-8,12H,5-6,9-11H2,1-2H3,(H,27,30). The largest absolute Gasteiger partial charge is 0.419 e. The summed E-state index contributed by atoms with van der Waals surface area (Å²) in [7, 11) is 0. The highest BCUT2D eigenvalue weighted by atomic mass is 35.5. The van der Waals surface area contributed by atoms with E-state index in [-0.39, 0.29) is 23.0 Å². The number of hydrogen-bond donors (Lipinski definition) is 1. The van der Waals surface area contributed by atoms with Crippen LogP contribution in [-0.2, 0) is 25.7 Å². The molecule has 9 heteroatoms. The van der Waals surface area contributed by atoms with E-state index in [1.54, 1.807) is 17.0 Å². The van der Waals surface area contributed by atoms with Gasteiger partial charge in [-0.3, -0.25) is 9.69 Å². The second-order valence-electron chi connectivity index (χ2n) is 7.79. The zero-order valence-corrected chi connectivity index (χ0v) is 17.4. The number of carbonyl (C=O) groups excluding carboxylic acids is 1. The Morgan fingerprint density at radius 1 is 1.30 bits per heavy atom.